The fourth-order valence-electron chi connectivity index (χ4n) is 1.84. The minimum Gasteiger partial charge on any atom is -0.504 e. The van der Waals surface area contributed by atoms with E-state index in [2.05, 4.69) is 0 Å². The molecule has 0 unspecified atom stereocenters. The highest BCUT2D eigenvalue weighted by atomic mass is 35.5. The van der Waals surface area contributed by atoms with Crippen LogP contribution in [-0.4, -0.2) is 21.3 Å². The molecule has 2 aromatic carbocycles. The Labute approximate surface area is 114 Å². The van der Waals surface area contributed by atoms with Crippen LogP contribution in [0.25, 0.3) is 0 Å². The van der Waals surface area contributed by atoms with Crippen molar-refractivity contribution in [2.75, 3.05) is 0 Å². The van der Waals surface area contributed by atoms with Crippen LogP contribution in [0.3, 0.4) is 0 Å². The van der Waals surface area contributed by atoms with Gasteiger partial charge in [0.25, 0.3) is 0 Å². The quantitative estimate of drug-likeness (QED) is 0.754. The normalized spacial score (nSPS) is 10.4. The van der Waals surface area contributed by atoms with Crippen LogP contribution in [0.5, 0.6) is 11.5 Å². The Morgan fingerprint density at radius 2 is 1.74 bits per heavy atom. The van der Waals surface area contributed by atoms with Crippen LogP contribution < -0.4 is 0 Å². The second-order valence-corrected chi connectivity index (χ2v) is 4.46. The summed E-state index contributed by atoms with van der Waals surface area (Å²) in [4.78, 5) is 11.2. The molecule has 98 valence electrons. The monoisotopic (exact) mass is 278 g/mol. The first-order valence-corrected chi connectivity index (χ1v) is 5.89. The number of phenolic OH excluding ortho intramolecular Hbond substituents is 2. The summed E-state index contributed by atoms with van der Waals surface area (Å²) >= 11 is 5.66. The van der Waals surface area contributed by atoms with Crippen LogP contribution in [0.4, 0.5) is 0 Å². The highest BCUT2D eigenvalue weighted by Gasteiger charge is 2.20. The minimum atomic E-state index is -1.21. The summed E-state index contributed by atoms with van der Waals surface area (Å²) in [6.07, 6.45) is 0.193. The Balaban J connectivity index is 2.55. The van der Waals surface area contributed by atoms with Gasteiger partial charge in [0, 0.05) is 12.0 Å². The van der Waals surface area contributed by atoms with Crippen molar-refractivity contribution < 1.29 is 20.1 Å². The van der Waals surface area contributed by atoms with Crippen LogP contribution in [-0.2, 0) is 6.42 Å². The molecule has 0 amide bonds. The molecule has 0 fully saturated rings. The number of benzene rings is 2. The lowest BCUT2D eigenvalue weighted by Crippen LogP contribution is -2.04. The number of aromatic hydroxyl groups is 2. The first-order valence-electron chi connectivity index (χ1n) is 5.51. The second kappa shape index (κ2) is 5.20. The topological polar surface area (TPSA) is 77.8 Å². The molecule has 19 heavy (non-hydrogen) atoms. The van der Waals surface area contributed by atoms with Gasteiger partial charge in [-0.15, -0.1) is 0 Å². The van der Waals surface area contributed by atoms with E-state index in [1.807, 2.05) is 18.2 Å². The van der Waals surface area contributed by atoms with Gasteiger partial charge >= 0.3 is 5.97 Å². The lowest BCUT2D eigenvalue weighted by molar-refractivity contribution is 0.0695. The van der Waals surface area contributed by atoms with E-state index in [9.17, 15) is 15.0 Å². The molecule has 5 heteroatoms. The number of phenols is 2. The van der Waals surface area contributed by atoms with Crippen molar-refractivity contribution in [1.29, 1.82) is 0 Å². The zero-order valence-electron chi connectivity index (χ0n) is 9.80. The van der Waals surface area contributed by atoms with Gasteiger partial charge in [-0.3, -0.25) is 0 Å². The zero-order valence-corrected chi connectivity index (χ0v) is 10.6. The number of carbonyl (C=O) groups is 1. The standard InChI is InChI=1S/C14H11ClO4/c15-11-7-10(14(18)19)9(12(16)13(11)17)6-8-4-2-1-3-5-8/h1-5,7,16-17H,6H2,(H,18,19). The number of carboxylic acid groups (broad SMARTS) is 1. The molecule has 2 aromatic rings. The van der Waals surface area contributed by atoms with Crippen LogP contribution in [0.2, 0.25) is 5.02 Å². The van der Waals surface area contributed by atoms with Gasteiger partial charge in [0.2, 0.25) is 0 Å². The maximum Gasteiger partial charge on any atom is 0.336 e. The van der Waals surface area contributed by atoms with Crippen LogP contribution >= 0.6 is 11.6 Å². The van der Waals surface area contributed by atoms with Crippen LogP contribution in [0, 0.1) is 0 Å². The Kier molecular flexibility index (Phi) is 3.62. The first-order chi connectivity index (χ1) is 9.00. The van der Waals surface area contributed by atoms with E-state index in [0.29, 0.717) is 0 Å². The van der Waals surface area contributed by atoms with Crippen molar-refractivity contribution in [1.82, 2.24) is 0 Å². The Morgan fingerprint density at radius 3 is 2.32 bits per heavy atom. The van der Waals surface area contributed by atoms with Crippen molar-refractivity contribution in [3.05, 3.63) is 58.1 Å². The number of rotatable bonds is 3. The van der Waals surface area contributed by atoms with E-state index in [4.69, 9.17) is 16.7 Å². The summed E-state index contributed by atoms with van der Waals surface area (Å²) < 4.78 is 0. The van der Waals surface area contributed by atoms with Crippen molar-refractivity contribution >= 4 is 17.6 Å². The number of aromatic carboxylic acids is 1. The molecule has 0 aliphatic rings. The summed E-state index contributed by atoms with van der Waals surface area (Å²) in [5, 5.41) is 28.4. The predicted octanol–water partition coefficient (Wildman–Crippen LogP) is 3.04. The third-order valence-corrected chi connectivity index (χ3v) is 3.07. The number of carboxylic acids is 1. The summed E-state index contributed by atoms with van der Waals surface area (Å²) in [5.74, 6) is -2.20. The molecule has 0 radical (unpaired) electrons. The van der Waals surface area contributed by atoms with Crippen molar-refractivity contribution in [3.63, 3.8) is 0 Å². The van der Waals surface area contributed by atoms with Gasteiger partial charge in [-0.25, -0.2) is 4.79 Å². The molecular weight excluding hydrogens is 268 g/mol. The fraction of sp³-hybridized carbons (Fsp3) is 0.0714. The van der Waals surface area contributed by atoms with E-state index in [-0.39, 0.29) is 22.6 Å². The molecule has 0 saturated heterocycles. The molecule has 3 N–H and O–H groups in total. The van der Waals surface area contributed by atoms with Gasteiger partial charge in [0.1, 0.15) is 0 Å². The van der Waals surface area contributed by atoms with E-state index in [1.54, 1.807) is 12.1 Å². The Hall–Kier alpha value is -2.20. The summed E-state index contributed by atoms with van der Waals surface area (Å²) in [6, 6.07) is 10.2. The van der Waals surface area contributed by atoms with Gasteiger partial charge in [-0.1, -0.05) is 41.9 Å². The Morgan fingerprint density at radius 1 is 1.11 bits per heavy atom. The third-order valence-electron chi connectivity index (χ3n) is 2.79. The minimum absolute atomic E-state index is 0.121. The van der Waals surface area contributed by atoms with Gasteiger partial charge in [-0.05, 0) is 11.6 Å². The smallest absolute Gasteiger partial charge is 0.336 e. The third kappa shape index (κ3) is 2.63. The largest absolute Gasteiger partial charge is 0.504 e. The summed E-state index contributed by atoms with van der Waals surface area (Å²) in [6.45, 7) is 0. The Bertz CT molecular complexity index is 623. The van der Waals surface area contributed by atoms with E-state index >= 15 is 0 Å². The second-order valence-electron chi connectivity index (χ2n) is 4.05. The van der Waals surface area contributed by atoms with E-state index < -0.39 is 17.5 Å². The summed E-state index contributed by atoms with van der Waals surface area (Å²) in [5.41, 5.74) is 0.840. The molecule has 0 spiro atoms. The van der Waals surface area contributed by atoms with Gasteiger partial charge < -0.3 is 15.3 Å². The molecule has 0 saturated carbocycles. The van der Waals surface area contributed by atoms with Crippen molar-refractivity contribution in [3.8, 4) is 11.5 Å². The molecule has 0 aromatic heterocycles. The van der Waals surface area contributed by atoms with Crippen molar-refractivity contribution in [2.24, 2.45) is 0 Å². The van der Waals surface area contributed by atoms with Crippen molar-refractivity contribution in [2.45, 2.75) is 6.42 Å². The number of hydrogen-bond acceptors (Lipinski definition) is 3. The van der Waals surface area contributed by atoms with Gasteiger partial charge in [0.05, 0.1) is 10.6 Å². The van der Waals surface area contributed by atoms with E-state index in [1.165, 1.54) is 0 Å². The highest BCUT2D eigenvalue weighted by Crippen LogP contribution is 2.39. The first kappa shape index (κ1) is 13.2. The maximum absolute atomic E-state index is 11.2. The molecule has 2 rings (SSSR count). The van der Waals surface area contributed by atoms with Crippen LogP contribution in [0.1, 0.15) is 21.5 Å². The predicted molar refractivity (Wildman–Crippen MR) is 71.0 cm³/mol. The molecule has 0 aliphatic carbocycles. The van der Waals surface area contributed by atoms with Gasteiger partial charge in [-0.2, -0.15) is 0 Å². The average Bonchev–Trinajstić information content (AvgIpc) is 2.40. The van der Waals surface area contributed by atoms with Crippen LogP contribution in [0.15, 0.2) is 36.4 Å². The maximum atomic E-state index is 11.2. The molecule has 0 heterocycles. The number of hydrogen-bond donors (Lipinski definition) is 3. The molecule has 0 aliphatic heterocycles. The van der Waals surface area contributed by atoms with Gasteiger partial charge in [0.15, 0.2) is 11.5 Å². The molecule has 0 bridgehead atoms. The molecule has 4 nitrogen and oxygen atoms in total. The fourth-order valence-corrected chi connectivity index (χ4v) is 2.03. The zero-order chi connectivity index (χ0) is 14.0. The molecular formula is C14H11ClO4. The molecule has 0 atom stereocenters. The average molecular weight is 279 g/mol. The number of halogens is 1. The lowest BCUT2D eigenvalue weighted by Gasteiger charge is -2.11. The lowest BCUT2D eigenvalue weighted by atomic mass is 9.98. The van der Waals surface area contributed by atoms with E-state index in [0.717, 1.165) is 11.6 Å². The highest BCUT2D eigenvalue weighted by molar-refractivity contribution is 6.32. The summed E-state index contributed by atoms with van der Waals surface area (Å²) in [7, 11) is 0. The SMILES string of the molecule is O=C(O)c1cc(Cl)c(O)c(O)c1Cc1ccccc1.